The lowest BCUT2D eigenvalue weighted by molar-refractivity contribution is -0.129. The van der Waals surface area contributed by atoms with Gasteiger partial charge in [-0.25, -0.2) is 0 Å². The highest BCUT2D eigenvalue weighted by molar-refractivity contribution is 5.78. The predicted octanol–water partition coefficient (Wildman–Crippen LogP) is 3.00. The summed E-state index contributed by atoms with van der Waals surface area (Å²) < 4.78 is 10.6. The highest BCUT2D eigenvalue weighted by Crippen LogP contribution is 2.34. The van der Waals surface area contributed by atoms with Gasteiger partial charge in [0.1, 0.15) is 17.5 Å². The van der Waals surface area contributed by atoms with E-state index in [0.717, 1.165) is 11.3 Å². The minimum atomic E-state index is -0.213. The zero-order valence-corrected chi connectivity index (χ0v) is 14.3. The summed E-state index contributed by atoms with van der Waals surface area (Å²) in [4.78, 5) is 22.8. The fourth-order valence-corrected chi connectivity index (χ4v) is 3.09. The Bertz CT molecular complexity index is 893. The lowest BCUT2D eigenvalue weighted by atomic mass is 10.1. The van der Waals surface area contributed by atoms with Crippen molar-refractivity contribution in [2.45, 2.75) is 25.4 Å². The largest absolute Gasteiger partial charge is 0.497 e. The molecule has 1 aliphatic heterocycles. The van der Waals surface area contributed by atoms with Gasteiger partial charge in [-0.2, -0.15) is 4.98 Å². The van der Waals surface area contributed by atoms with Crippen LogP contribution in [0, 0.1) is 0 Å². The minimum absolute atomic E-state index is 0.0865. The van der Waals surface area contributed by atoms with E-state index < -0.39 is 0 Å². The summed E-state index contributed by atoms with van der Waals surface area (Å²) in [5.41, 5.74) is 1.67. The third kappa shape index (κ3) is 3.15. The quantitative estimate of drug-likeness (QED) is 0.703. The van der Waals surface area contributed by atoms with Gasteiger partial charge in [-0.1, -0.05) is 23.4 Å². The van der Waals surface area contributed by atoms with Crippen molar-refractivity contribution in [3.05, 3.63) is 60.1 Å². The fraction of sp³-hybridized carbons (Fsp3) is 0.263. The topological polar surface area (TPSA) is 81.4 Å². The number of hydrogen-bond donors (Lipinski definition) is 0. The summed E-state index contributed by atoms with van der Waals surface area (Å²) in [6.45, 7) is 0.495. The Kier molecular flexibility index (Phi) is 4.35. The average molecular weight is 350 g/mol. The Labute approximate surface area is 150 Å². The van der Waals surface area contributed by atoms with Crippen LogP contribution in [0.5, 0.6) is 5.75 Å². The Hall–Kier alpha value is -3.22. The summed E-state index contributed by atoms with van der Waals surface area (Å²) in [7, 11) is 1.63. The Morgan fingerprint density at radius 3 is 2.81 bits per heavy atom. The number of hydrogen-bond acceptors (Lipinski definition) is 6. The molecule has 1 saturated heterocycles. The zero-order valence-electron chi connectivity index (χ0n) is 14.3. The van der Waals surface area contributed by atoms with Crippen LogP contribution < -0.4 is 4.74 Å². The maximum atomic E-state index is 12.4. The van der Waals surface area contributed by atoms with Crippen molar-refractivity contribution in [1.82, 2.24) is 20.0 Å². The highest BCUT2D eigenvalue weighted by atomic mass is 16.5. The van der Waals surface area contributed by atoms with Gasteiger partial charge in [0.2, 0.25) is 17.6 Å². The predicted molar refractivity (Wildman–Crippen MR) is 93.0 cm³/mol. The van der Waals surface area contributed by atoms with Gasteiger partial charge in [0.25, 0.3) is 0 Å². The molecule has 0 spiro atoms. The molecular weight excluding hydrogens is 332 g/mol. The van der Waals surface area contributed by atoms with Crippen LogP contribution in [-0.2, 0) is 11.3 Å². The first-order chi connectivity index (χ1) is 12.7. The van der Waals surface area contributed by atoms with E-state index in [-0.39, 0.29) is 11.9 Å². The molecule has 0 radical (unpaired) electrons. The number of likely N-dealkylation sites (tertiary alicyclic amines) is 1. The smallest absolute Gasteiger partial charge is 0.249 e. The van der Waals surface area contributed by atoms with Gasteiger partial charge in [-0.05, 0) is 36.2 Å². The number of ether oxygens (including phenoxy) is 1. The molecule has 0 bridgehead atoms. The van der Waals surface area contributed by atoms with Crippen molar-refractivity contribution < 1.29 is 14.1 Å². The summed E-state index contributed by atoms with van der Waals surface area (Å²) >= 11 is 0. The third-order valence-electron chi connectivity index (χ3n) is 4.46. The number of amides is 1. The summed E-state index contributed by atoms with van der Waals surface area (Å²) in [6, 6.07) is 13.0. The monoisotopic (exact) mass is 350 g/mol. The molecule has 7 nitrogen and oxygen atoms in total. The van der Waals surface area contributed by atoms with Crippen molar-refractivity contribution in [2.24, 2.45) is 0 Å². The molecule has 0 aliphatic carbocycles. The number of methoxy groups -OCH3 is 1. The number of aromatic nitrogens is 3. The van der Waals surface area contributed by atoms with Gasteiger partial charge in [-0.15, -0.1) is 0 Å². The lowest BCUT2D eigenvalue weighted by Crippen LogP contribution is -2.27. The molecule has 3 heterocycles. The molecule has 2 aromatic heterocycles. The number of pyridine rings is 1. The lowest BCUT2D eigenvalue weighted by Gasteiger charge is -2.22. The van der Waals surface area contributed by atoms with Gasteiger partial charge >= 0.3 is 0 Å². The molecule has 1 aliphatic rings. The molecule has 7 heteroatoms. The van der Waals surface area contributed by atoms with E-state index in [9.17, 15) is 4.79 Å². The molecule has 1 atom stereocenters. The maximum Gasteiger partial charge on any atom is 0.249 e. The Balaban J connectivity index is 1.55. The standard InChI is InChI=1S/C19H18N4O3/c1-25-14-7-5-13(6-8-14)12-23-16(9-10-17(23)24)19-21-18(22-26-19)15-4-2-3-11-20-15/h2-8,11,16H,9-10,12H2,1H3. The Morgan fingerprint density at radius 1 is 1.23 bits per heavy atom. The summed E-state index contributed by atoms with van der Waals surface area (Å²) in [5, 5.41) is 4.02. The molecule has 3 aromatic rings. The van der Waals surface area contributed by atoms with Crippen LogP contribution in [-0.4, -0.2) is 33.0 Å². The van der Waals surface area contributed by atoms with Crippen molar-refractivity contribution in [2.75, 3.05) is 7.11 Å². The minimum Gasteiger partial charge on any atom is -0.497 e. The van der Waals surface area contributed by atoms with Crippen molar-refractivity contribution in [1.29, 1.82) is 0 Å². The second-order valence-corrected chi connectivity index (χ2v) is 6.10. The molecule has 0 saturated carbocycles. The number of carbonyl (C=O) groups excluding carboxylic acids is 1. The Morgan fingerprint density at radius 2 is 2.08 bits per heavy atom. The number of benzene rings is 1. The second kappa shape index (κ2) is 6.95. The summed E-state index contributed by atoms with van der Waals surface area (Å²) in [5.74, 6) is 1.76. The van der Waals surface area contributed by atoms with Gasteiger partial charge in [0.05, 0.1) is 7.11 Å². The summed E-state index contributed by atoms with van der Waals surface area (Å²) in [6.07, 6.45) is 2.82. The zero-order chi connectivity index (χ0) is 17.9. The van der Waals surface area contributed by atoms with Crippen molar-refractivity contribution in [3.63, 3.8) is 0 Å². The number of carbonyl (C=O) groups is 1. The highest BCUT2D eigenvalue weighted by Gasteiger charge is 2.36. The SMILES string of the molecule is COc1ccc(CN2C(=O)CCC2c2nc(-c3ccccn3)no2)cc1. The first kappa shape index (κ1) is 16.3. The van der Waals surface area contributed by atoms with Gasteiger partial charge in [-0.3, -0.25) is 9.78 Å². The van der Waals surface area contributed by atoms with E-state index in [0.29, 0.717) is 36.8 Å². The molecular formula is C19H18N4O3. The molecule has 1 unspecified atom stereocenters. The first-order valence-electron chi connectivity index (χ1n) is 8.42. The van der Waals surface area contributed by atoms with Gasteiger partial charge in [0, 0.05) is 19.2 Å². The van der Waals surface area contributed by atoms with Gasteiger partial charge < -0.3 is 14.2 Å². The molecule has 1 fully saturated rings. The van der Waals surface area contributed by atoms with Crippen LogP contribution in [0.15, 0.2) is 53.2 Å². The third-order valence-corrected chi connectivity index (χ3v) is 4.46. The number of nitrogens with zero attached hydrogens (tertiary/aromatic N) is 4. The average Bonchev–Trinajstić information content (AvgIpc) is 3.31. The fourth-order valence-electron chi connectivity index (χ4n) is 3.09. The van der Waals surface area contributed by atoms with Crippen LogP contribution in [0.4, 0.5) is 0 Å². The van der Waals surface area contributed by atoms with E-state index in [1.807, 2.05) is 42.5 Å². The van der Waals surface area contributed by atoms with E-state index in [2.05, 4.69) is 15.1 Å². The van der Waals surface area contributed by atoms with E-state index >= 15 is 0 Å². The maximum absolute atomic E-state index is 12.4. The molecule has 132 valence electrons. The molecule has 0 N–H and O–H groups in total. The normalized spacial score (nSPS) is 16.9. The van der Waals surface area contributed by atoms with E-state index in [4.69, 9.17) is 9.26 Å². The number of rotatable bonds is 5. The van der Waals surface area contributed by atoms with E-state index in [1.54, 1.807) is 18.2 Å². The molecule has 4 rings (SSSR count). The van der Waals surface area contributed by atoms with E-state index in [1.165, 1.54) is 0 Å². The van der Waals surface area contributed by atoms with Crippen LogP contribution in [0.2, 0.25) is 0 Å². The molecule has 1 amide bonds. The first-order valence-corrected chi connectivity index (χ1v) is 8.42. The van der Waals surface area contributed by atoms with Crippen molar-refractivity contribution >= 4 is 5.91 Å². The second-order valence-electron chi connectivity index (χ2n) is 6.10. The molecule has 1 aromatic carbocycles. The molecule has 26 heavy (non-hydrogen) atoms. The van der Waals surface area contributed by atoms with Crippen LogP contribution >= 0.6 is 0 Å². The van der Waals surface area contributed by atoms with Crippen LogP contribution in [0.25, 0.3) is 11.5 Å². The van der Waals surface area contributed by atoms with Gasteiger partial charge in [0.15, 0.2) is 0 Å². The van der Waals surface area contributed by atoms with Crippen LogP contribution in [0.1, 0.15) is 30.3 Å². The van der Waals surface area contributed by atoms with Crippen molar-refractivity contribution in [3.8, 4) is 17.3 Å². The van der Waals surface area contributed by atoms with Crippen LogP contribution in [0.3, 0.4) is 0 Å².